The Hall–Kier alpha value is -1.46. The molecular formula is C17H25N5. The summed E-state index contributed by atoms with van der Waals surface area (Å²) >= 11 is 0. The third-order valence-electron chi connectivity index (χ3n) is 5.22. The van der Waals surface area contributed by atoms with Crippen LogP contribution in [0.4, 0.5) is 0 Å². The number of hydrogen-bond donors (Lipinski definition) is 0. The zero-order chi connectivity index (χ0) is 14.8. The molecule has 2 aliphatic rings. The predicted octanol–water partition coefficient (Wildman–Crippen LogP) is 2.18. The van der Waals surface area contributed by atoms with E-state index in [4.69, 9.17) is 0 Å². The molecule has 0 amide bonds. The standard InChI is InChI=1S/C17H25N5/c1-2-5-16(4-1)21-8-3-7-20(10-11-21)13-15-6-9-22-17(12-15)18-14-19-22/h6,9,12,14,16H,1-5,7-8,10-11,13H2. The lowest BCUT2D eigenvalue weighted by atomic mass is 10.2. The van der Waals surface area contributed by atoms with Gasteiger partial charge in [-0.25, -0.2) is 9.50 Å². The second-order valence-electron chi connectivity index (χ2n) is 6.70. The molecular weight excluding hydrogens is 274 g/mol. The van der Waals surface area contributed by atoms with E-state index in [9.17, 15) is 0 Å². The summed E-state index contributed by atoms with van der Waals surface area (Å²) in [4.78, 5) is 9.62. The van der Waals surface area contributed by atoms with Crippen LogP contribution in [0.2, 0.25) is 0 Å². The highest BCUT2D eigenvalue weighted by atomic mass is 15.3. The fourth-order valence-corrected chi connectivity index (χ4v) is 4.00. The third-order valence-corrected chi connectivity index (χ3v) is 5.22. The molecule has 2 aromatic rings. The Morgan fingerprint density at radius 3 is 2.86 bits per heavy atom. The van der Waals surface area contributed by atoms with Crippen molar-refractivity contribution in [3.63, 3.8) is 0 Å². The van der Waals surface area contributed by atoms with Crippen LogP contribution in [0.1, 0.15) is 37.7 Å². The first kappa shape index (κ1) is 14.2. The molecule has 0 atom stereocenters. The van der Waals surface area contributed by atoms with Crippen molar-refractivity contribution in [3.05, 3.63) is 30.2 Å². The Balaban J connectivity index is 1.38. The Labute approximate surface area is 131 Å². The fraction of sp³-hybridized carbons (Fsp3) is 0.647. The molecule has 0 unspecified atom stereocenters. The third kappa shape index (κ3) is 3.01. The monoisotopic (exact) mass is 299 g/mol. The summed E-state index contributed by atoms with van der Waals surface area (Å²) in [5.74, 6) is 0. The highest BCUT2D eigenvalue weighted by Crippen LogP contribution is 2.24. The van der Waals surface area contributed by atoms with Gasteiger partial charge in [-0.1, -0.05) is 12.8 Å². The van der Waals surface area contributed by atoms with Gasteiger partial charge in [0, 0.05) is 31.9 Å². The van der Waals surface area contributed by atoms with E-state index < -0.39 is 0 Å². The van der Waals surface area contributed by atoms with Crippen LogP contribution in [-0.4, -0.2) is 56.6 Å². The van der Waals surface area contributed by atoms with Gasteiger partial charge in [0.15, 0.2) is 5.65 Å². The normalized spacial score (nSPS) is 22.4. The first-order valence-electron chi connectivity index (χ1n) is 8.63. The van der Waals surface area contributed by atoms with E-state index in [1.807, 2.05) is 10.7 Å². The number of fused-ring (bicyclic) bond motifs is 1. The highest BCUT2D eigenvalue weighted by Gasteiger charge is 2.24. The second-order valence-corrected chi connectivity index (χ2v) is 6.70. The number of pyridine rings is 1. The average molecular weight is 299 g/mol. The Morgan fingerprint density at radius 2 is 1.95 bits per heavy atom. The van der Waals surface area contributed by atoms with Crippen LogP contribution in [0, 0.1) is 0 Å². The van der Waals surface area contributed by atoms with Gasteiger partial charge in [-0.05, 0) is 50.0 Å². The van der Waals surface area contributed by atoms with Crippen LogP contribution in [0.25, 0.3) is 5.65 Å². The molecule has 0 radical (unpaired) electrons. The van der Waals surface area contributed by atoms with Crippen molar-refractivity contribution in [1.29, 1.82) is 0 Å². The first-order chi connectivity index (χ1) is 10.9. The van der Waals surface area contributed by atoms with Gasteiger partial charge in [0.2, 0.25) is 0 Å². The smallest absolute Gasteiger partial charge is 0.155 e. The summed E-state index contributed by atoms with van der Waals surface area (Å²) < 4.78 is 1.83. The van der Waals surface area contributed by atoms with E-state index in [-0.39, 0.29) is 0 Å². The molecule has 22 heavy (non-hydrogen) atoms. The largest absolute Gasteiger partial charge is 0.299 e. The van der Waals surface area contributed by atoms with E-state index in [2.05, 4.69) is 32.0 Å². The SMILES string of the molecule is c1nc2cc(CN3CCCN(C4CCCC4)CC3)ccn2n1. The summed E-state index contributed by atoms with van der Waals surface area (Å²) in [5, 5.41) is 4.16. The lowest BCUT2D eigenvalue weighted by Gasteiger charge is -2.27. The number of aromatic nitrogens is 3. The van der Waals surface area contributed by atoms with Gasteiger partial charge in [-0.15, -0.1) is 0 Å². The topological polar surface area (TPSA) is 36.7 Å². The van der Waals surface area contributed by atoms with Gasteiger partial charge in [-0.3, -0.25) is 9.80 Å². The number of hydrogen-bond acceptors (Lipinski definition) is 4. The van der Waals surface area contributed by atoms with Gasteiger partial charge in [0.1, 0.15) is 6.33 Å². The van der Waals surface area contributed by atoms with Crippen LogP contribution < -0.4 is 0 Å². The molecule has 5 heteroatoms. The maximum atomic E-state index is 4.28. The van der Waals surface area contributed by atoms with Crippen LogP contribution in [0.15, 0.2) is 24.7 Å². The van der Waals surface area contributed by atoms with Crippen molar-refractivity contribution in [1.82, 2.24) is 24.4 Å². The molecule has 118 valence electrons. The molecule has 1 aliphatic heterocycles. The lowest BCUT2D eigenvalue weighted by molar-refractivity contribution is 0.198. The number of rotatable bonds is 3. The van der Waals surface area contributed by atoms with E-state index in [0.717, 1.165) is 18.2 Å². The summed E-state index contributed by atoms with van der Waals surface area (Å²) in [7, 11) is 0. The lowest BCUT2D eigenvalue weighted by Crippen LogP contribution is -2.36. The van der Waals surface area contributed by atoms with Gasteiger partial charge >= 0.3 is 0 Å². The van der Waals surface area contributed by atoms with E-state index in [1.165, 1.54) is 63.8 Å². The quantitative estimate of drug-likeness (QED) is 0.870. The molecule has 4 rings (SSSR count). The van der Waals surface area contributed by atoms with Gasteiger partial charge < -0.3 is 0 Å². The van der Waals surface area contributed by atoms with Crippen molar-refractivity contribution in [3.8, 4) is 0 Å². The molecule has 5 nitrogen and oxygen atoms in total. The van der Waals surface area contributed by atoms with Crippen molar-refractivity contribution < 1.29 is 0 Å². The zero-order valence-electron chi connectivity index (χ0n) is 13.2. The molecule has 0 N–H and O–H groups in total. The van der Waals surface area contributed by atoms with Crippen LogP contribution in [0.5, 0.6) is 0 Å². The van der Waals surface area contributed by atoms with Crippen LogP contribution >= 0.6 is 0 Å². The van der Waals surface area contributed by atoms with Gasteiger partial charge in [-0.2, -0.15) is 5.10 Å². The second kappa shape index (κ2) is 6.34. The van der Waals surface area contributed by atoms with Crippen molar-refractivity contribution >= 4 is 5.65 Å². The zero-order valence-corrected chi connectivity index (χ0v) is 13.2. The minimum absolute atomic E-state index is 0.868. The Kier molecular flexibility index (Phi) is 4.08. The summed E-state index contributed by atoms with van der Waals surface area (Å²) in [6.45, 7) is 5.94. The molecule has 0 bridgehead atoms. The van der Waals surface area contributed by atoms with Crippen LogP contribution in [0.3, 0.4) is 0 Å². The fourth-order valence-electron chi connectivity index (χ4n) is 4.00. The van der Waals surface area contributed by atoms with E-state index >= 15 is 0 Å². The van der Waals surface area contributed by atoms with Gasteiger partial charge in [0.25, 0.3) is 0 Å². The molecule has 0 aromatic carbocycles. The Morgan fingerprint density at radius 1 is 1.05 bits per heavy atom. The summed E-state index contributed by atoms with van der Waals surface area (Å²) in [5.41, 5.74) is 2.29. The Bertz CT molecular complexity index is 616. The maximum Gasteiger partial charge on any atom is 0.155 e. The summed E-state index contributed by atoms with van der Waals surface area (Å²) in [6.07, 6.45) is 10.6. The molecule has 1 aliphatic carbocycles. The van der Waals surface area contributed by atoms with Crippen molar-refractivity contribution in [2.75, 3.05) is 26.2 Å². The van der Waals surface area contributed by atoms with Crippen molar-refractivity contribution in [2.24, 2.45) is 0 Å². The minimum atomic E-state index is 0.868. The molecule has 3 heterocycles. The maximum absolute atomic E-state index is 4.28. The van der Waals surface area contributed by atoms with Gasteiger partial charge in [0.05, 0.1) is 0 Å². The summed E-state index contributed by atoms with van der Waals surface area (Å²) in [6, 6.07) is 5.20. The number of nitrogens with zero attached hydrogens (tertiary/aromatic N) is 5. The first-order valence-corrected chi connectivity index (χ1v) is 8.63. The molecule has 2 fully saturated rings. The molecule has 1 saturated heterocycles. The minimum Gasteiger partial charge on any atom is -0.299 e. The molecule has 2 aromatic heterocycles. The highest BCUT2D eigenvalue weighted by molar-refractivity contribution is 5.39. The van der Waals surface area contributed by atoms with E-state index in [0.29, 0.717) is 0 Å². The van der Waals surface area contributed by atoms with Crippen LogP contribution in [-0.2, 0) is 6.54 Å². The average Bonchev–Trinajstić information content (AvgIpc) is 3.16. The predicted molar refractivity (Wildman–Crippen MR) is 86.7 cm³/mol. The molecule has 1 saturated carbocycles. The molecule has 0 spiro atoms. The van der Waals surface area contributed by atoms with E-state index in [1.54, 1.807) is 6.33 Å². The van der Waals surface area contributed by atoms with Crippen molar-refractivity contribution in [2.45, 2.75) is 44.7 Å².